The van der Waals surface area contributed by atoms with Crippen molar-refractivity contribution in [3.63, 3.8) is 0 Å². The second-order valence-electron chi connectivity index (χ2n) is 0.447. The van der Waals surface area contributed by atoms with Crippen LogP contribution in [0.5, 0.6) is 0 Å². The van der Waals surface area contributed by atoms with Crippen molar-refractivity contribution in [1.82, 2.24) is 0 Å². The molecule has 0 aliphatic heterocycles. The number of rotatable bonds is 0. The van der Waals surface area contributed by atoms with Crippen molar-refractivity contribution in [2.24, 2.45) is 0 Å². The predicted molar refractivity (Wildman–Crippen MR) is 7.61 cm³/mol. The van der Waals surface area contributed by atoms with Gasteiger partial charge < -0.3 is 19.2 Å². The fourth-order valence-electron chi connectivity index (χ4n) is 0. The molecule has 0 aromatic carbocycles. The van der Waals surface area contributed by atoms with Gasteiger partial charge in [0.05, 0.1) is 0 Å². The van der Waals surface area contributed by atoms with Gasteiger partial charge in [-0.2, -0.15) is 7.82 Å². The molecular formula is KNdO4P+. The van der Waals surface area contributed by atoms with Gasteiger partial charge in [0.2, 0.25) is 0 Å². The van der Waals surface area contributed by atoms with E-state index >= 15 is 0 Å². The number of hydrogen-bond acceptors (Lipinski definition) is 4. The molecule has 7 heteroatoms. The summed E-state index contributed by atoms with van der Waals surface area (Å²) in [5.41, 5.74) is 0. The van der Waals surface area contributed by atoms with E-state index in [-0.39, 0.29) is 92.2 Å². The Morgan fingerprint density at radius 1 is 1.14 bits per heavy atom. The number of hydrogen-bond donors (Lipinski definition) is 0. The third-order valence-corrected chi connectivity index (χ3v) is 0. The van der Waals surface area contributed by atoms with E-state index in [0.29, 0.717) is 0 Å². The van der Waals surface area contributed by atoms with Crippen LogP contribution in [0.1, 0.15) is 0 Å². The Morgan fingerprint density at radius 2 is 1.14 bits per heavy atom. The van der Waals surface area contributed by atoms with E-state index in [4.69, 9.17) is 19.2 Å². The third-order valence-electron chi connectivity index (χ3n) is 0. The monoisotopic (exact) mass is 276 g/mol. The zero-order valence-electron chi connectivity index (χ0n) is 3.58. The molecule has 0 spiro atoms. The van der Waals surface area contributed by atoms with Gasteiger partial charge in [0.25, 0.3) is 0 Å². The first-order valence-electron chi connectivity index (χ1n) is 0.730. The predicted octanol–water partition coefficient (Wildman–Crippen LogP) is -5.82. The first-order valence-corrected chi connectivity index (χ1v) is 2.19. The van der Waals surface area contributed by atoms with Gasteiger partial charge in [0.15, 0.2) is 0 Å². The Kier molecular flexibility index (Phi) is 17.1. The van der Waals surface area contributed by atoms with Crippen molar-refractivity contribution in [3.8, 4) is 0 Å². The third kappa shape index (κ3) is 47.8. The van der Waals surface area contributed by atoms with E-state index in [0.717, 1.165) is 0 Å². The summed E-state index contributed by atoms with van der Waals surface area (Å²) < 4.78 is 8.55. The van der Waals surface area contributed by atoms with Crippen LogP contribution < -0.4 is 66.1 Å². The van der Waals surface area contributed by atoms with Crippen molar-refractivity contribution < 1.29 is 111 Å². The molecule has 0 aliphatic rings. The minimum Gasteiger partial charge on any atom is -0.822 e. The smallest absolute Gasteiger partial charge is 0.822 e. The molecule has 0 N–H and O–H groups in total. The van der Waals surface area contributed by atoms with Crippen LogP contribution in [0.25, 0.3) is 0 Å². The van der Waals surface area contributed by atoms with Crippen LogP contribution in [0.4, 0.5) is 0 Å². The van der Waals surface area contributed by atoms with E-state index in [1.807, 2.05) is 0 Å². The molecule has 0 saturated carbocycles. The van der Waals surface area contributed by atoms with E-state index in [1.165, 1.54) is 0 Å². The molecular weight excluding hydrogens is 278 g/mol. The summed E-state index contributed by atoms with van der Waals surface area (Å²) in [6, 6.07) is 0. The minimum absolute atomic E-state index is 0. The zero-order chi connectivity index (χ0) is 4.50. The Hall–Kier alpha value is 3.10. The summed E-state index contributed by atoms with van der Waals surface area (Å²) in [6.45, 7) is 0. The summed E-state index contributed by atoms with van der Waals surface area (Å²) in [6.07, 6.45) is 0. The Morgan fingerprint density at radius 3 is 1.14 bits per heavy atom. The molecule has 0 aromatic rings. The van der Waals surface area contributed by atoms with E-state index < -0.39 is 7.82 Å². The zero-order valence-corrected chi connectivity index (χ0v) is 10.8. The van der Waals surface area contributed by atoms with Gasteiger partial charge in [-0.05, 0) is 0 Å². The van der Waals surface area contributed by atoms with Gasteiger partial charge in [0.1, 0.15) is 0 Å². The molecule has 0 bridgehead atoms. The SMILES string of the molecule is O=P([O-])([O-])[O-].[K+].[Nd+3]. The van der Waals surface area contributed by atoms with Crippen molar-refractivity contribution in [1.29, 1.82) is 0 Å². The summed E-state index contributed by atoms with van der Waals surface area (Å²) >= 11 is 0. The summed E-state index contributed by atoms with van der Waals surface area (Å²) in [4.78, 5) is 25.6. The Labute approximate surface area is 116 Å². The van der Waals surface area contributed by atoms with Crippen LogP contribution in [0.15, 0.2) is 0 Å². The average molecular weight is 278 g/mol. The largest absolute Gasteiger partial charge is 3.00 e. The first-order chi connectivity index (χ1) is 2.00. The molecule has 0 heterocycles. The first kappa shape index (κ1) is 16.6. The maximum atomic E-state index is 8.55. The van der Waals surface area contributed by atoms with Crippen LogP contribution in [-0.2, 0) is 4.57 Å². The molecule has 1 radical (unpaired) electrons. The molecule has 33 valence electrons. The maximum Gasteiger partial charge on any atom is 3.00 e. The quantitative estimate of drug-likeness (QED) is 0.326. The van der Waals surface area contributed by atoms with Gasteiger partial charge in [0, 0.05) is 0 Å². The standard InChI is InChI=1S/K.Nd.H3O4P/c;;1-5(2,3)4/h;;(H3,1,2,3,4)/q+1;+3;/p-3. The molecule has 0 fully saturated rings. The second kappa shape index (κ2) is 7.21. The van der Waals surface area contributed by atoms with Crippen molar-refractivity contribution in [2.45, 2.75) is 0 Å². The molecule has 0 amide bonds. The maximum absolute atomic E-state index is 8.55. The van der Waals surface area contributed by atoms with Gasteiger partial charge in [-0.3, -0.25) is 0 Å². The van der Waals surface area contributed by atoms with Gasteiger partial charge in [-0.1, -0.05) is 0 Å². The molecule has 0 rings (SSSR count). The molecule has 7 heavy (non-hydrogen) atoms. The fraction of sp³-hybridized carbons (Fsp3) is 0. The van der Waals surface area contributed by atoms with Crippen LogP contribution in [0.2, 0.25) is 0 Å². The summed E-state index contributed by atoms with van der Waals surface area (Å²) in [5.74, 6) is 0. The van der Waals surface area contributed by atoms with E-state index in [2.05, 4.69) is 0 Å². The Bertz CT molecular complexity index is 57.8. The van der Waals surface area contributed by atoms with Gasteiger partial charge in [-0.15, -0.1) is 0 Å². The topological polar surface area (TPSA) is 86.2 Å². The molecule has 0 unspecified atom stereocenters. The molecule has 0 aliphatic carbocycles. The van der Waals surface area contributed by atoms with Crippen molar-refractivity contribution in [3.05, 3.63) is 0 Å². The molecule has 0 saturated heterocycles. The van der Waals surface area contributed by atoms with Gasteiger partial charge >= 0.3 is 92.2 Å². The second-order valence-corrected chi connectivity index (χ2v) is 1.34. The van der Waals surface area contributed by atoms with Crippen LogP contribution >= 0.6 is 7.82 Å². The number of phosphoric acid groups is 1. The Balaban J connectivity index is -0.0000000800. The fourth-order valence-corrected chi connectivity index (χ4v) is 0. The van der Waals surface area contributed by atoms with Crippen molar-refractivity contribution >= 4 is 7.82 Å². The van der Waals surface area contributed by atoms with Crippen LogP contribution in [0.3, 0.4) is 0 Å². The van der Waals surface area contributed by atoms with Crippen molar-refractivity contribution in [2.75, 3.05) is 0 Å². The molecule has 0 aromatic heterocycles. The minimum atomic E-state index is -5.39. The van der Waals surface area contributed by atoms with Gasteiger partial charge in [-0.25, -0.2) is 0 Å². The molecule has 4 nitrogen and oxygen atoms in total. The average Bonchev–Trinajstić information content (AvgIpc) is 0.722. The van der Waals surface area contributed by atoms with E-state index in [1.54, 1.807) is 0 Å². The van der Waals surface area contributed by atoms with E-state index in [9.17, 15) is 0 Å². The summed E-state index contributed by atoms with van der Waals surface area (Å²) in [5, 5.41) is 0. The molecule has 0 atom stereocenters. The van der Waals surface area contributed by atoms with Crippen LogP contribution in [-0.4, -0.2) is 0 Å². The summed E-state index contributed by atoms with van der Waals surface area (Å²) in [7, 11) is -5.39. The normalized spacial score (nSPS) is 8.43. The van der Waals surface area contributed by atoms with Crippen LogP contribution in [0, 0.1) is 40.8 Å².